The van der Waals surface area contributed by atoms with Crippen LogP contribution < -0.4 is 19.5 Å². The quantitative estimate of drug-likeness (QED) is 0.493. The Bertz CT molecular complexity index is 1200. The first kappa shape index (κ1) is 20.7. The lowest BCUT2D eigenvalue weighted by molar-refractivity contribution is -0.118. The van der Waals surface area contributed by atoms with Gasteiger partial charge < -0.3 is 19.5 Å². The standard InChI is InChI=1S/C26H24ClNO4/c1-3-30-22-8-5-17(12-21(22)27)20-14-19(7-4-16(20)2)28-25(29)26(10-11-26)18-6-9-23-24(13-18)32-15-31-23/h4-9,12-14H,3,10-11,15H2,1-2H3,(H,28,29). The number of halogens is 1. The van der Waals surface area contributed by atoms with Crippen LogP contribution in [0, 0.1) is 6.92 Å². The lowest BCUT2D eigenvalue weighted by Gasteiger charge is -2.17. The van der Waals surface area contributed by atoms with Gasteiger partial charge in [0.1, 0.15) is 5.75 Å². The summed E-state index contributed by atoms with van der Waals surface area (Å²) in [5, 5.41) is 3.69. The highest BCUT2D eigenvalue weighted by Gasteiger charge is 2.51. The van der Waals surface area contributed by atoms with Crippen LogP contribution in [0.4, 0.5) is 5.69 Å². The Morgan fingerprint density at radius 3 is 2.62 bits per heavy atom. The van der Waals surface area contributed by atoms with Crippen LogP contribution in [0.1, 0.15) is 30.9 Å². The molecule has 1 saturated carbocycles. The molecular formula is C26H24ClNO4. The van der Waals surface area contributed by atoms with Gasteiger partial charge in [0.15, 0.2) is 11.5 Å². The van der Waals surface area contributed by atoms with Crippen LogP contribution in [0.3, 0.4) is 0 Å². The van der Waals surface area contributed by atoms with E-state index >= 15 is 0 Å². The van der Waals surface area contributed by atoms with E-state index in [1.807, 2.05) is 68.4 Å². The van der Waals surface area contributed by atoms with Gasteiger partial charge in [-0.25, -0.2) is 0 Å². The minimum Gasteiger partial charge on any atom is -0.492 e. The van der Waals surface area contributed by atoms with Gasteiger partial charge in [0.05, 0.1) is 17.0 Å². The van der Waals surface area contributed by atoms with Crippen LogP contribution in [-0.4, -0.2) is 19.3 Å². The molecule has 0 saturated heterocycles. The van der Waals surface area contributed by atoms with Gasteiger partial charge in [-0.1, -0.05) is 29.8 Å². The van der Waals surface area contributed by atoms with E-state index in [4.69, 9.17) is 25.8 Å². The third-order valence-corrected chi connectivity index (χ3v) is 6.44. The first-order chi connectivity index (χ1) is 15.5. The number of rotatable bonds is 6. The Balaban J connectivity index is 1.39. The smallest absolute Gasteiger partial charge is 0.235 e. The van der Waals surface area contributed by atoms with Gasteiger partial charge in [-0.3, -0.25) is 4.79 Å². The van der Waals surface area contributed by atoms with Crippen molar-refractivity contribution in [3.05, 3.63) is 70.7 Å². The summed E-state index contributed by atoms with van der Waals surface area (Å²) in [5.41, 5.74) is 4.29. The van der Waals surface area contributed by atoms with Crippen LogP contribution in [0.25, 0.3) is 11.1 Å². The van der Waals surface area contributed by atoms with Gasteiger partial charge in [0, 0.05) is 5.69 Å². The number of anilines is 1. The number of benzene rings is 3. The van der Waals surface area contributed by atoms with Crippen molar-refractivity contribution in [2.24, 2.45) is 0 Å². The molecule has 0 bridgehead atoms. The molecule has 0 unspecified atom stereocenters. The summed E-state index contributed by atoms with van der Waals surface area (Å²) in [6.07, 6.45) is 1.62. The fraction of sp³-hybridized carbons (Fsp3) is 0.269. The highest BCUT2D eigenvalue weighted by molar-refractivity contribution is 6.32. The van der Waals surface area contributed by atoms with E-state index in [0.717, 1.165) is 46.5 Å². The Labute approximate surface area is 192 Å². The summed E-state index contributed by atoms with van der Waals surface area (Å²) < 4.78 is 16.4. The Hall–Kier alpha value is -3.18. The molecule has 32 heavy (non-hydrogen) atoms. The van der Waals surface area contributed by atoms with Crippen molar-refractivity contribution in [2.45, 2.75) is 32.1 Å². The molecule has 1 amide bonds. The maximum absolute atomic E-state index is 13.3. The predicted octanol–water partition coefficient (Wildman–Crippen LogP) is 6.11. The van der Waals surface area contributed by atoms with Gasteiger partial charge in [-0.15, -0.1) is 0 Å². The van der Waals surface area contributed by atoms with Crippen LogP contribution in [0.15, 0.2) is 54.6 Å². The average molecular weight is 450 g/mol. The molecule has 0 aromatic heterocycles. The highest BCUT2D eigenvalue weighted by Crippen LogP contribution is 2.51. The molecule has 0 atom stereocenters. The molecule has 3 aromatic rings. The molecule has 5 nitrogen and oxygen atoms in total. The first-order valence-corrected chi connectivity index (χ1v) is 11.1. The lowest BCUT2D eigenvalue weighted by Crippen LogP contribution is -2.27. The fourth-order valence-electron chi connectivity index (χ4n) is 4.17. The lowest BCUT2D eigenvalue weighted by atomic mass is 9.94. The van der Waals surface area contributed by atoms with E-state index in [1.165, 1.54) is 0 Å². The Kier molecular flexibility index (Phi) is 5.22. The molecule has 0 spiro atoms. The summed E-state index contributed by atoms with van der Waals surface area (Å²) in [6.45, 7) is 4.75. The number of nitrogens with one attached hydrogen (secondary N) is 1. The molecular weight excluding hydrogens is 426 g/mol. The SMILES string of the molecule is CCOc1ccc(-c2cc(NC(=O)C3(c4ccc5c(c4)OCO5)CC3)ccc2C)cc1Cl. The topological polar surface area (TPSA) is 56.8 Å². The zero-order valence-electron chi connectivity index (χ0n) is 18.0. The maximum atomic E-state index is 13.3. The molecule has 5 rings (SSSR count). The third kappa shape index (κ3) is 3.67. The zero-order valence-corrected chi connectivity index (χ0v) is 18.8. The molecule has 1 aliphatic carbocycles. The molecule has 6 heteroatoms. The zero-order chi connectivity index (χ0) is 22.3. The van der Waals surface area contributed by atoms with Gasteiger partial charge >= 0.3 is 0 Å². The summed E-state index contributed by atoms with van der Waals surface area (Å²) in [6, 6.07) is 17.5. The van der Waals surface area contributed by atoms with Crippen molar-refractivity contribution in [2.75, 3.05) is 18.7 Å². The van der Waals surface area contributed by atoms with E-state index < -0.39 is 5.41 Å². The molecule has 0 radical (unpaired) electrons. The van der Waals surface area contributed by atoms with Crippen molar-refractivity contribution in [3.8, 4) is 28.4 Å². The number of carbonyl (C=O) groups is 1. The van der Waals surface area contributed by atoms with E-state index in [1.54, 1.807) is 0 Å². The van der Waals surface area contributed by atoms with Crippen molar-refractivity contribution >= 4 is 23.2 Å². The van der Waals surface area contributed by atoms with Crippen molar-refractivity contribution in [1.29, 1.82) is 0 Å². The van der Waals surface area contributed by atoms with Crippen LogP contribution >= 0.6 is 11.6 Å². The number of ether oxygens (including phenoxy) is 3. The summed E-state index contributed by atoms with van der Waals surface area (Å²) in [5.74, 6) is 2.09. The van der Waals surface area contributed by atoms with E-state index in [-0.39, 0.29) is 12.7 Å². The van der Waals surface area contributed by atoms with Crippen LogP contribution in [-0.2, 0) is 10.2 Å². The third-order valence-electron chi connectivity index (χ3n) is 6.15. The van der Waals surface area contributed by atoms with Crippen LogP contribution in [0.5, 0.6) is 17.2 Å². The second-order valence-corrected chi connectivity index (χ2v) is 8.62. The Morgan fingerprint density at radius 2 is 1.88 bits per heavy atom. The highest BCUT2D eigenvalue weighted by atomic mass is 35.5. The van der Waals surface area contributed by atoms with E-state index in [9.17, 15) is 4.79 Å². The minimum atomic E-state index is -0.519. The minimum absolute atomic E-state index is 0.00380. The number of aryl methyl sites for hydroxylation is 1. The monoisotopic (exact) mass is 449 g/mol. The number of hydrogen-bond acceptors (Lipinski definition) is 4. The number of fused-ring (bicyclic) bond motifs is 1. The number of hydrogen-bond donors (Lipinski definition) is 1. The van der Waals surface area contributed by atoms with Crippen molar-refractivity contribution in [3.63, 3.8) is 0 Å². The van der Waals surface area contributed by atoms with Crippen molar-refractivity contribution in [1.82, 2.24) is 0 Å². The Morgan fingerprint density at radius 1 is 1.06 bits per heavy atom. The second kappa shape index (κ2) is 8.06. The number of amides is 1. The van der Waals surface area contributed by atoms with Gasteiger partial charge in [0.2, 0.25) is 12.7 Å². The van der Waals surface area contributed by atoms with Crippen LogP contribution in [0.2, 0.25) is 5.02 Å². The summed E-state index contributed by atoms with van der Waals surface area (Å²) >= 11 is 6.40. The summed E-state index contributed by atoms with van der Waals surface area (Å²) in [4.78, 5) is 13.3. The van der Waals surface area contributed by atoms with E-state index in [2.05, 4.69) is 5.32 Å². The van der Waals surface area contributed by atoms with Gasteiger partial charge in [-0.2, -0.15) is 0 Å². The second-order valence-electron chi connectivity index (χ2n) is 8.21. The molecule has 3 aromatic carbocycles. The van der Waals surface area contributed by atoms with Crippen molar-refractivity contribution < 1.29 is 19.0 Å². The van der Waals surface area contributed by atoms with E-state index in [0.29, 0.717) is 23.1 Å². The fourth-order valence-corrected chi connectivity index (χ4v) is 4.40. The summed E-state index contributed by atoms with van der Waals surface area (Å²) in [7, 11) is 0. The first-order valence-electron chi connectivity index (χ1n) is 10.7. The molecule has 2 aliphatic rings. The van der Waals surface area contributed by atoms with Gasteiger partial charge in [0.25, 0.3) is 0 Å². The number of carbonyl (C=O) groups excluding carboxylic acids is 1. The average Bonchev–Trinajstić information content (AvgIpc) is 3.47. The molecule has 1 N–H and O–H groups in total. The molecule has 1 fully saturated rings. The predicted molar refractivity (Wildman–Crippen MR) is 125 cm³/mol. The molecule has 1 aliphatic heterocycles. The molecule has 1 heterocycles. The largest absolute Gasteiger partial charge is 0.492 e. The normalized spacial score (nSPS) is 15.3. The van der Waals surface area contributed by atoms with Gasteiger partial charge in [-0.05, 0) is 85.3 Å². The maximum Gasteiger partial charge on any atom is 0.235 e. The molecule has 164 valence electrons.